The van der Waals surface area contributed by atoms with E-state index in [1.807, 2.05) is 28.2 Å². The lowest BCUT2D eigenvalue weighted by atomic mass is 9.98. The second-order valence-electron chi connectivity index (χ2n) is 9.88. The van der Waals surface area contributed by atoms with Gasteiger partial charge in [0.25, 0.3) is 0 Å². The van der Waals surface area contributed by atoms with Crippen molar-refractivity contribution in [3.8, 4) is 0 Å². The Morgan fingerprint density at radius 1 is 0.829 bits per heavy atom. The maximum absolute atomic E-state index is 10.9. The topological polar surface area (TPSA) is 76.9 Å². The van der Waals surface area contributed by atoms with Gasteiger partial charge in [-0.15, -0.1) is 0 Å². The Hall–Kier alpha value is -1.85. The van der Waals surface area contributed by atoms with E-state index < -0.39 is 7.60 Å². The standard InChI is InChI=1S/C27H39ClN3O3P/c1-30(2)21-15-14-20-17-23-22(13-11-9-7-5-6-8-10-12-16-35(32,33)34)27(28)26(31(3)4)19-25(23)29-24(20)18-21/h14-15,17-19H,5-13,16H2,1-4H3,(H2,32,33,34). The van der Waals surface area contributed by atoms with Crippen LogP contribution in [0.5, 0.6) is 0 Å². The molecule has 2 N–H and O–H groups in total. The molecule has 0 atom stereocenters. The van der Waals surface area contributed by atoms with Gasteiger partial charge >= 0.3 is 7.60 Å². The molecule has 3 aromatic rings. The molecule has 1 aromatic heterocycles. The summed E-state index contributed by atoms with van der Waals surface area (Å²) in [5, 5.41) is 3.08. The molecule has 192 valence electrons. The largest absolute Gasteiger partial charge is 0.378 e. The average Bonchev–Trinajstić information content (AvgIpc) is 2.78. The highest BCUT2D eigenvalue weighted by Crippen LogP contribution is 2.37. The van der Waals surface area contributed by atoms with Crippen LogP contribution in [-0.4, -0.2) is 49.1 Å². The summed E-state index contributed by atoms with van der Waals surface area (Å²) in [6.45, 7) is 0. The Kier molecular flexibility index (Phi) is 9.83. The molecule has 0 unspecified atom stereocenters. The third-order valence-corrected chi connectivity index (χ3v) is 7.86. The van der Waals surface area contributed by atoms with Crippen LogP contribution in [0.1, 0.15) is 56.9 Å². The number of rotatable bonds is 13. The number of fused-ring (bicyclic) bond motifs is 2. The van der Waals surface area contributed by atoms with Crippen LogP contribution in [0.2, 0.25) is 5.02 Å². The third-order valence-electron chi connectivity index (χ3n) is 6.54. The smallest absolute Gasteiger partial charge is 0.325 e. The van der Waals surface area contributed by atoms with Gasteiger partial charge in [0.15, 0.2) is 0 Å². The maximum atomic E-state index is 10.9. The molecule has 0 radical (unpaired) electrons. The van der Waals surface area contributed by atoms with Gasteiger partial charge in [0.05, 0.1) is 21.7 Å². The molecule has 3 rings (SSSR count). The maximum Gasteiger partial charge on any atom is 0.325 e. The molecule has 0 bridgehead atoms. The predicted octanol–water partition coefficient (Wildman–Crippen LogP) is 7.01. The summed E-state index contributed by atoms with van der Waals surface area (Å²) in [5.74, 6) is 0. The van der Waals surface area contributed by atoms with Crippen LogP contribution in [0.4, 0.5) is 11.4 Å². The highest BCUT2D eigenvalue weighted by atomic mass is 35.5. The van der Waals surface area contributed by atoms with Crippen molar-refractivity contribution < 1.29 is 14.4 Å². The molecule has 0 fully saturated rings. The van der Waals surface area contributed by atoms with E-state index in [4.69, 9.17) is 26.4 Å². The first-order valence-electron chi connectivity index (χ1n) is 12.5. The first-order valence-corrected chi connectivity index (χ1v) is 14.7. The van der Waals surface area contributed by atoms with E-state index in [-0.39, 0.29) is 6.16 Å². The zero-order chi connectivity index (χ0) is 25.6. The summed E-state index contributed by atoms with van der Waals surface area (Å²) in [4.78, 5) is 27.0. The Morgan fingerprint density at radius 2 is 1.46 bits per heavy atom. The first-order chi connectivity index (χ1) is 16.6. The Bertz CT molecular complexity index is 1190. The molecule has 0 aliphatic heterocycles. The van der Waals surface area contributed by atoms with E-state index in [2.05, 4.69) is 40.1 Å². The van der Waals surface area contributed by atoms with Crippen LogP contribution >= 0.6 is 19.2 Å². The SMILES string of the molecule is CN(C)c1ccc2cc3c(CCCCCCCCCCP(=O)(O)O)c(Cl)c(N(C)C)cc3nc2c1. The van der Waals surface area contributed by atoms with Crippen molar-refractivity contribution in [2.24, 2.45) is 0 Å². The van der Waals surface area contributed by atoms with Crippen molar-refractivity contribution in [2.45, 2.75) is 57.8 Å². The van der Waals surface area contributed by atoms with Gasteiger partial charge in [-0.1, -0.05) is 56.2 Å². The summed E-state index contributed by atoms with van der Waals surface area (Å²) >= 11 is 6.91. The summed E-state index contributed by atoms with van der Waals surface area (Å²) in [6.07, 6.45) is 9.11. The van der Waals surface area contributed by atoms with E-state index in [0.717, 1.165) is 89.6 Å². The fraction of sp³-hybridized carbons (Fsp3) is 0.519. The molecule has 0 saturated carbocycles. The van der Waals surface area contributed by atoms with Gasteiger partial charge in [-0.05, 0) is 49.1 Å². The minimum Gasteiger partial charge on any atom is -0.378 e. The van der Waals surface area contributed by atoms with Crippen LogP contribution in [-0.2, 0) is 11.0 Å². The summed E-state index contributed by atoms with van der Waals surface area (Å²) in [6, 6.07) is 10.7. The van der Waals surface area contributed by atoms with E-state index in [1.54, 1.807) is 0 Å². The Labute approximate surface area is 214 Å². The van der Waals surface area contributed by atoms with Crippen molar-refractivity contribution in [3.63, 3.8) is 0 Å². The minimum absolute atomic E-state index is 0.00862. The quantitative estimate of drug-likeness (QED) is 0.144. The zero-order valence-electron chi connectivity index (χ0n) is 21.4. The molecular formula is C27H39ClN3O3P. The Balaban J connectivity index is 1.66. The molecule has 0 amide bonds. The van der Waals surface area contributed by atoms with E-state index in [1.165, 1.54) is 5.56 Å². The van der Waals surface area contributed by atoms with Gasteiger partial charge < -0.3 is 19.6 Å². The Morgan fingerprint density at radius 3 is 2.06 bits per heavy atom. The zero-order valence-corrected chi connectivity index (χ0v) is 23.1. The van der Waals surface area contributed by atoms with Crippen molar-refractivity contribution >= 4 is 52.4 Å². The highest BCUT2D eigenvalue weighted by Gasteiger charge is 2.15. The molecule has 1 heterocycles. The second-order valence-corrected chi connectivity index (χ2v) is 12.0. The lowest BCUT2D eigenvalue weighted by Crippen LogP contribution is -2.11. The van der Waals surface area contributed by atoms with Gasteiger partial charge in [-0.25, -0.2) is 4.98 Å². The number of halogens is 1. The third kappa shape index (κ3) is 7.82. The van der Waals surface area contributed by atoms with E-state index in [0.29, 0.717) is 6.42 Å². The molecule has 35 heavy (non-hydrogen) atoms. The van der Waals surface area contributed by atoms with E-state index in [9.17, 15) is 4.57 Å². The lowest BCUT2D eigenvalue weighted by Gasteiger charge is -2.20. The molecule has 0 aliphatic carbocycles. The van der Waals surface area contributed by atoms with Crippen LogP contribution in [0, 0.1) is 0 Å². The summed E-state index contributed by atoms with van der Waals surface area (Å²) in [5.41, 5.74) is 5.28. The number of nitrogens with zero attached hydrogens (tertiary/aromatic N) is 3. The summed E-state index contributed by atoms with van der Waals surface area (Å²) in [7, 11) is 4.27. The van der Waals surface area contributed by atoms with Crippen molar-refractivity contribution in [2.75, 3.05) is 44.2 Å². The van der Waals surface area contributed by atoms with Crippen LogP contribution in [0.15, 0.2) is 30.3 Å². The van der Waals surface area contributed by atoms with Gasteiger partial charge in [0.1, 0.15) is 0 Å². The molecule has 8 heteroatoms. The van der Waals surface area contributed by atoms with Crippen molar-refractivity contribution in [1.82, 2.24) is 4.98 Å². The average molecular weight is 520 g/mol. The van der Waals surface area contributed by atoms with Crippen molar-refractivity contribution in [3.05, 3.63) is 40.9 Å². The highest BCUT2D eigenvalue weighted by molar-refractivity contribution is 7.51. The number of hydrogen-bond acceptors (Lipinski definition) is 4. The molecule has 2 aromatic carbocycles. The number of anilines is 2. The monoisotopic (exact) mass is 519 g/mol. The number of aryl methyl sites for hydroxylation is 1. The lowest BCUT2D eigenvalue weighted by molar-refractivity contribution is 0.370. The number of pyridine rings is 1. The number of unbranched alkanes of at least 4 members (excludes halogenated alkanes) is 7. The molecule has 6 nitrogen and oxygen atoms in total. The normalized spacial score (nSPS) is 12.0. The van der Waals surface area contributed by atoms with Gasteiger partial charge in [0.2, 0.25) is 0 Å². The predicted molar refractivity (Wildman–Crippen MR) is 150 cm³/mol. The fourth-order valence-corrected chi connectivity index (χ4v) is 5.57. The minimum atomic E-state index is -3.84. The van der Waals surface area contributed by atoms with Gasteiger partial charge in [-0.3, -0.25) is 4.57 Å². The van der Waals surface area contributed by atoms with Crippen molar-refractivity contribution in [1.29, 1.82) is 0 Å². The van der Waals surface area contributed by atoms with E-state index >= 15 is 0 Å². The number of aromatic nitrogens is 1. The molecule has 0 spiro atoms. The fourth-order valence-electron chi connectivity index (χ4n) is 4.52. The molecule has 0 aliphatic rings. The van der Waals surface area contributed by atoms with Crippen LogP contribution in [0.3, 0.4) is 0 Å². The van der Waals surface area contributed by atoms with Gasteiger partial charge in [0, 0.05) is 50.8 Å². The van der Waals surface area contributed by atoms with Crippen LogP contribution < -0.4 is 9.80 Å². The second kappa shape index (κ2) is 12.4. The molecular weight excluding hydrogens is 481 g/mol. The first kappa shape index (κ1) is 27.7. The molecule has 0 saturated heterocycles. The summed E-state index contributed by atoms with van der Waals surface area (Å²) < 4.78 is 10.9. The number of hydrogen-bond donors (Lipinski definition) is 2. The van der Waals surface area contributed by atoms with Crippen LogP contribution in [0.25, 0.3) is 21.8 Å². The van der Waals surface area contributed by atoms with Gasteiger partial charge in [-0.2, -0.15) is 0 Å². The number of benzene rings is 2.